The summed E-state index contributed by atoms with van der Waals surface area (Å²) in [6.07, 6.45) is 6.22. The van der Waals surface area contributed by atoms with Gasteiger partial charge in [-0.15, -0.1) is 0 Å². The van der Waals surface area contributed by atoms with E-state index in [1.54, 1.807) is 19.1 Å². The summed E-state index contributed by atoms with van der Waals surface area (Å²) >= 11 is 0. The van der Waals surface area contributed by atoms with E-state index in [1.807, 2.05) is 18.2 Å². The number of aliphatic carboxylic acids is 1. The van der Waals surface area contributed by atoms with Crippen LogP contribution in [0.25, 0.3) is 11.1 Å². The zero-order valence-electron chi connectivity index (χ0n) is 24.4. The van der Waals surface area contributed by atoms with Crippen molar-refractivity contribution in [2.75, 3.05) is 13.7 Å². The van der Waals surface area contributed by atoms with Crippen LogP contribution in [0.15, 0.2) is 42.6 Å². The Bertz CT molecular complexity index is 1490. The molecule has 0 radical (unpaired) electrons. The number of carbonyl (C=O) groups is 1. The van der Waals surface area contributed by atoms with Gasteiger partial charge in [-0.2, -0.15) is 0 Å². The second-order valence-corrected chi connectivity index (χ2v) is 12.2. The molecule has 1 aliphatic carbocycles. The molecule has 1 aromatic heterocycles. The van der Waals surface area contributed by atoms with Gasteiger partial charge in [-0.05, 0) is 85.7 Å². The molecule has 222 valence electrons. The third-order valence-corrected chi connectivity index (χ3v) is 9.46. The standard InChI is InChI=1S/C34H38F2N2O4/c1-19-5-4-14-38(19)18-24-15-23(9-11-25(24)27-16-30(41-3)37-17-28(27)35)29-13-10-22-8-12-26(32(36)33(22)42-29)31(21-6-7-21)20(2)34(39)40/h8-9,11-12,15-17,19-21,29,31H,4-7,10,13-14,18H2,1-3H3,(H,39,40)/t19-,20-,29?,31?/m0/s1. The number of fused-ring (bicyclic) bond motifs is 1. The summed E-state index contributed by atoms with van der Waals surface area (Å²) in [7, 11) is 1.51. The van der Waals surface area contributed by atoms with Crippen LogP contribution < -0.4 is 9.47 Å². The monoisotopic (exact) mass is 576 g/mol. The quantitative estimate of drug-likeness (QED) is 0.288. The molecule has 6 nitrogen and oxygen atoms in total. The molecule has 2 unspecified atom stereocenters. The first-order chi connectivity index (χ1) is 20.2. The number of halogens is 2. The highest BCUT2D eigenvalue weighted by Crippen LogP contribution is 2.50. The van der Waals surface area contributed by atoms with Gasteiger partial charge in [0.05, 0.1) is 19.2 Å². The van der Waals surface area contributed by atoms with E-state index in [-0.39, 0.29) is 23.7 Å². The number of methoxy groups -OCH3 is 1. The van der Waals surface area contributed by atoms with E-state index in [2.05, 4.69) is 22.9 Å². The van der Waals surface area contributed by atoms with Gasteiger partial charge in [-0.3, -0.25) is 9.69 Å². The second-order valence-electron chi connectivity index (χ2n) is 12.2. The minimum Gasteiger partial charge on any atom is -0.482 e. The average Bonchev–Trinajstić information content (AvgIpc) is 3.75. The van der Waals surface area contributed by atoms with Crippen LogP contribution in [0.3, 0.4) is 0 Å². The van der Waals surface area contributed by atoms with Gasteiger partial charge < -0.3 is 14.6 Å². The molecule has 2 aliphatic heterocycles. The molecule has 1 saturated carbocycles. The summed E-state index contributed by atoms with van der Waals surface area (Å²) in [6.45, 7) is 5.52. The van der Waals surface area contributed by atoms with Gasteiger partial charge in [0, 0.05) is 30.1 Å². The summed E-state index contributed by atoms with van der Waals surface area (Å²) < 4.78 is 42.9. The number of likely N-dealkylation sites (tertiary alicyclic amines) is 1. The van der Waals surface area contributed by atoms with Crippen molar-refractivity contribution in [1.82, 2.24) is 9.88 Å². The third-order valence-electron chi connectivity index (χ3n) is 9.46. The lowest BCUT2D eigenvalue weighted by molar-refractivity contribution is -0.142. The van der Waals surface area contributed by atoms with Crippen molar-refractivity contribution in [1.29, 1.82) is 0 Å². The lowest BCUT2D eigenvalue weighted by Gasteiger charge is -2.30. The molecule has 2 fully saturated rings. The van der Waals surface area contributed by atoms with Crippen LogP contribution >= 0.6 is 0 Å². The first kappa shape index (κ1) is 28.6. The zero-order chi connectivity index (χ0) is 29.5. The summed E-state index contributed by atoms with van der Waals surface area (Å²) in [5, 5.41) is 9.71. The Morgan fingerprint density at radius 2 is 1.95 bits per heavy atom. The first-order valence-corrected chi connectivity index (χ1v) is 15.0. The first-order valence-electron chi connectivity index (χ1n) is 15.0. The number of hydrogen-bond donors (Lipinski definition) is 1. The number of rotatable bonds is 9. The fourth-order valence-corrected chi connectivity index (χ4v) is 6.85. The molecule has 0 bridgehead atoms. The number of carboxylic acid groups (broad SMARTS) is 1. The molecule has 1 saturated heterocycles. The van der Waals surface area contributed by atoms with Crippen LogP contribution in [0.2, 0.25) is 0 Å². The number of aryl methyl sites for hydroxylation is 1. The number of nitrogens with zero attached hydrogens (tertiary/aromatic N) is 2. The molecular formula is C34H38F2N2O4. The molecule has 42 heavy (non-hydrogen) atoms. The van der Waals surface area contributed by atoms with Crippen molar-refractivity contribution >= 4 is 5.97 Å². The molecule has 8 heteroatoms. The number of aromatic nitrogens is 1. The molecule has 0 amide bonds. The molecular weight excluding hydrogens is 538 g/mol. The number of ether oxygens (including phenoxy) is 2. The lowest BCUT2D eigenvalue weighted by atomic mass is 9.82. The van der Waals surface area contributed by atoms with Gasteiger partial charge in [0.15, 0.2) is 11.6 Å². The summed E-state index contributed by atoms with van der Waals surface area (Å²) in [6, 6.07) is 11.7. The van der Waals surface area contributed by atoms with Gasteiger partial charge in [0.2, 0.25) is 5.88 Å². The number of hydrogen-bond acceptors (Lipinski definition) is 5. The van der Waals surface area contributed by atoms with Crippen LogP contribution in [-0.2, 0) is 17.8 Å². The van der Waals surface area contributed by atoms with Gasteiger partial charge in [0.25, 0.3) is 0 Å². The summed E-state index contributed by atoms with van der Waals surface area (Å²) in [5.41, 5.74) is 4.33. The minimum absolute atomic E-state index is 0.179. The van der Waals surface area contributed by atoms with Gasteiger partial charge in [0.1, 0.15) is 11.9 Å². The van der Waals surface area contributed by atoms with E-state index in [0.717, 1.165) is 54.5 Å². The zero-order valence-corrected chi connectivity index (χ0v) is 24.4. The van der Waals surface area contributed by atoms with E-state index in [0.29, 0.717) is 42.4 Å². The normalized spacial score (nSPS) is 21.8. The van der Waals surface area contributed by atoms with Crippen LogP contribution in [0.4, 0.5) is 8.78 Å². The predicted octanol–water partition coefficient (Wildman–Crippen LogP) is 7.30. The van der Waals surface area contributed by atoms with Crippen molar-refractivity contribution in [3.8, 4) is 22.8 Å². The average molecular weight is 577 g/mol. The molecule has 2 aromatic carbocycles. The highest BCUT2D eigenvalue weighted by molar-refractivity contribution is 5.71. The van der Waals surface area contributed by atoms with Crippen molar-refractivity contribution in [2.45, 2.75) is 77.0 Å². The summed E-state index contributed by atoms with van der Waals surface area (Å²) in [4.78, 5) is 18.3. The molecule has 0 spiro atoms. The fourth-order valence-electron chi connectivity index (χ4n) is 6.85. The van der Waals surface area contributed by atoms with Gasteiger partial charge in [-0.25, -0.2) is 13.8 Å². The van der Waals surface area contributed by atoms with Crippen LogP contribution in [0.1, 0.15) is 80.2 Å². The van der Waals surface area contributed by atoms with Crippen molar-refractivity contribution in [2.24, 2.45) is 11.8 Å². The Balaban J connectivity index is 1.35. The molecule has 3 aliphatic rings. The van der Waals surface area contributed by atoms with Crippen LogP contribution in [0, 0.1) is 23.5 Å². The SMILES string of the molecule is COc1cc(-c2ccc(C3CCc4ccc(C(C5CC5)[C@H](C)C(=O)O)c(F)c4O3)cc2CN2CCC[C@@H]2C)c(F)cn1. The van der Waals surface area contributed by atoms with Crippen molar-refractivity contribution in [3.63, 3.8) is 0 Å². The maximum absolute atomic E-state index is 16.1. The van der Waals surface area contributed by atoms with Crippen molar-refractivity contribution in [3.05, 3.63) is 76.5 Å². The van der Waals surface area contributed by atoms with E-state index < -0.39 is 23.5 Å². The van der Waals surface area contributed by atoms with E-state index >= 15 is 8.78 Å². The van der Waals surface area contributed by atoms with Gasteiger partial charge >= 0.3 is 5.97 Å². The highest BCUT2D eigenvalue weighted by Gasteiger charge is 2.41. The maximum Gasteiger partial charge on any atom is 0.306 e. The van der Waals surface area contributed by atoms with Crippen molar-refractivity contribution < 1.29 is 28.2 Å². The molecule has 3 aromatic rings. The second kappa shape index (κ2) is 11.6. The molecule has 1 N–H and O–H groups in total. The summed E-state index contributed by atoms with van der Waals surface area (Å²) in [5.74, 6) is -2.07. The molecule has 3 heterocycles. The smallest absolute Gasteiger partial charge is 0.306 e. The molecule has 6 rings (SSSR count). The fraction of sp³-hybridized carbons (Fsp3) is 0.471. The lowest BCUT2D eigenvalue weighted by Crippen LogP contribution is -2.26. The minimum atomic E-state index is -0.911. The van der Waals surface area contributed by atoms with Crippen LogP contribution in [-0.4, -0.2) is 40.7 Å². The van der Waals surface area contributed by atoms with Crippen LogP contribution in [0.5, 0.6) is 11.6 Å². The number of benzene rings is 2. The highest BCUT2D eigenvalue weighted by atomic mass is 19.1. The van der Waals surface area contributed by atoms with E-state index in [9.17, 15) is 9.90 Å². The predicted molar refractivity (Wildman–Crippen MR) is 156 cm³/mol. The maximum atomic E-state index is 16.1. The Morgan fingerprint density at radius 1 is 1.14 bits per heavy atom. The largest absolute Gasteiger partial charge is 0.482 e. The van der Waals surface area contributed by atoms with E-state index in [1.165, 1.54) is 13.3 Å². The Kier molecular flexibility index (Phi) is 7.92. The Morgan fingerprint density at radius 3 is 2.64 bits per heavy atom. The molecule has 4 atom stereocenters. The number of carboxylic acids is 1. The Hall–Kier alpha value is -3.52. The van der Waals surface area contributed by atoms with E-state index in [4.69, 9.17) is 9.47 Å². The number of pyridine rings is 1. The van der Waals surface area contributed by atoms with Gasteiger partial charge in [-0.1, -0.05) is 37.3 Å². The Labute approximate surface area is 245 Å². The topological polar surface area (TPSA) is 71.9 Å². The third kappa shape index (κ3) is 5.49.